The standard InChI is InChI=1S/C22H18F3N3.C20H15BrN2S.C20H15ClN2S.C19H14FN3S/c1-12-11-16(14(3)28(12)18-10-9-17(23)19(24)20(18)25)22-26-13(2)21(27-22)15-7-5-4-6-8-15;2*1-13-19(14-6-3-2-4-7-14)23-20(22-13)18-11-10-17(24-18)15-8-5-9-16(21)12-15;1-12-17(13-5-3-2-4-6-13)23-18(21-12)16-11-24-19(22-16)14-7-9-15(20)10-8-14/h4-11H,1-3H3,(H,26,27);2*2-12H,1H3,(H,22,23);2-11H,1H3,(H,21,23). The minimum absolute atomic E-state index is 0.0355. The van der Waals surface area contributed by atoms with E-state index in [0.29, 0.717) is 17.2 Å². The number of aromatic nitrogens is 10. The monoisotopic (exact) mass is 1460 g/mol. The van der Waals surface area contributed by atoms with Crippen molar-refractivity contribution in [3.05, 3.63) is 309 Å². The minimum atomic E-state index is -1.48. The number of benzene rings is 8. The van der Waals surface area contributed by atoms with Gasteiger partial charge < -0.3 is 24.5 Å². The van der Waals surface area contributed by atoms with Crippen LogP contribution < -0.4 is 0 Å². The van der Waals surface area contributed by atoms with E-state index in [0.717, 1.165) is 138 Å². The van der Waals surface area contributed by atoms with E-state index < -0.39 is 17.5 Å². The van der Waals surface area contributed by atoms with E-state index in [1.807, 2.05) is 147 Å². The van der Waals surface area contributed by atoms with Crippen LogP contribution in [0.25, 0.3) is 126 Å². The van der Waals surface area contributed by atoms with Crippen LogP contribution in [0.5, 0.6) is 0 Å². The number of aromatic amines is 4. The largest absolute Gasteiger partial charge is 0.341 e. The molecule has 8 heterocycles. The van der Waals surface area contributed by atoms with Gasteiger partial charge in [0, 0.05) is 92.2 Å². The van der Waals surface area contributed by atoms with Crippen LogP contribution in [0.4, 0.5) is 17.6 Å². The summed E-state index contributed by atoms with van der Waals surface area (Å²) in [5.41, 5.74) is 18.3. The third kappa shape index (κ3) is 15.2. The van der Waals surface area contributed by atoms with Crippen molar-refractivity contribution in [3.63, 3.8) is 0 Å². The Bertz CT molecular complexity index is 5320. The molecule has 0 saturated carbocycles. The molecule has 0 radical (unpaired) electrons. The van der Waals surface area contributed by atoms with Crippen LogP contribution in [0.1, 0.15) is 34.2 Å². The normalized spacial score (nSPS) is 11.0. The maximum Gasteiger partial charge on any atom is 0.196 e. The van der Waals surface area contributed by atoms with Gasteiger partial charge in [-0.3, -0.25) is 0 Å². The van der Waals surface area contributed by atoms with E-state index in [2.05, 4.69) is 127 Å². The number of thiophene rings is 2. The van der Waals surface area contributed by atoms with Gasteiger partial charge in [-0.2, -0.15) is 0 Å². The molecule has 0 saturated heterocycles. The number of halogens is 6. The molecule has 4 N–H and O–H groups in total. The molecule has 19 heteroatoms. The molecule has 0 bridgehead atoms. The van der Waals surface area contributed by atoms with Crippen LogP contribution in [0.3, 0.4) is 0 Å². The number of H-pyrrole nitrogens is 4. The fourth-order valence-corrected chi connectivity index (χ4v) is 14.8. The van der Waals surface area contributed by atoms with Crippen molar-refractivity contribution in [1.82, 2.24) is 49.4 Å². The zero-order valence-corrected chi connectivity index (χ0v) is 59.6. The molecule has 0 unspecified atom stereocenters. The molecule has 16 aromatic rings. The summed E-state index contributed by atoms with van der Waals surface area (Å²) in [6, 6.07) is 75.6. The first kappa shape index (κ1) is 67.9. The van der Waals surface area contributed by atoms with E-state index in [-0.39, 0.29) is 11.5 Å². The summed E-state index contributed by atoms with van der Waals surface area (Å²) in [7, 11) is 0. The van der Waals surface area contributed by atoms with Gasteiger partial charge in [0.15, 0.2) is 23.3 Å². The maximum absolute atomic E-state index is 14.4. The third-order valence-electron chi connectivity index (χ3n) is 16.4. The first-order valence-electron chi connectivity index (χ1n) is 31.8. The first-order valence-corrected chi connectivity index (χ1v) is 35.4. The van der Waals surface area contributed by atoms with E-state index in [9.17, 15) is 17.6 Å². The molecule has 10 nitrogen and oxygen atoms in total. The molecule has 16 rings (SSSR count). The molecule has 8 aromatic carbocycles. The van der Waals surface area contributed by atoms with Gasteiger partial charge in [-0.05, 0) is 144 Å². The average Bonchev–Trinajstić information content (AvgIpc) is 1.61. The topological polar surface area (TPSA) is 133 Å². The third-order valence-corrected chi connectivity index (χ3v) is 20.3. The molecule has 0 atom stereocenters. The zero-order valence-electron chi connectivity index (χ0n) is 54.8. The Hall–Kier alpha value is -10.6. The Morgan fingerprint density at radius 1 is 0.390 bits per heavy atom. The Kier molecular flexibility index (Phi) is 20.6. The maximum atomic E-state index is 14.4. The minimum Gasteiger partial charge on any atom is -0.341 e. The lowest BCUT2D eigenvalue weighted by Gasteiger charge is -2.11. The van der Waals surface area contributed by atoms with Crippen LogP contribution >= 0.6 is 61.5 Å². The number of imidazole rings is 4. The predicted octanol–water partition coefficient (Wildman–Crippen LogP) is 24.2. The highest BCUT2D eigenvalue weighted by Gasteiger charge is 2.23. The van der Waals surface area contributed by atoms with Crippen molar-refractivity contribution in [3.8, 4) is 126 Å². The summed E-state index contributed by atoms with van der Waals surface area (Å²) in [4.78, 5) is 41.8. The molecule has 0 aliphatic rings. The molecule has 0 amide bonds. The molecule has 496 valence electrons. The van der Waals surface area contributed by atoms with Crippen molar-refractivity contribution in [2.45, 2.75) is 41.5 Å². The average molecular weight is 1460 g/mol. The highest BCUT2D eigenvalue weighted by Crippen LogP contribution is 2.39. The van der Waals surface area contributed by atoms with Crippen molar-refractivity contribution >= 4 is 61.5 Å². The molecule has 0 spiro atoms. The van der Waals surface area contributed by atoms with E-state index in [1.165, 1.54) is 44.9 Å². The summed E-state index contributed by atoms with van der Waals surface area (Å²) >= 11 is 14.6. The quantitative estimate of drug-likeness (QED) is 0.0714. The highest BCUT2D eigenvalue weighted by molar-refractivity contribution is 9.10. The fourth-order valence-electron chi connectivity index (χ4n) is 11.5. The number of hydrogen-bond donors (Lipinski definition) is 4. The summed E-state index contributed by atoms with van der Waals surface area (Å²) in [5, 5.41) is 3.56. The van der Waals surface area contributed by atoms with Gasteiger partial charge in [0.1, 0.15) is 34.0 Å². The second kappa shape index (κ2) is 30.3. The molecular weight excluding hydrogens is 1400 g/mol. The summed E-state index contributed by atoms with van der Waals surface area (Å²) in [5.74, 6) is -0.930. The number of nitrogens with zero attached hydrogens (tertiary/aromatic N) is 6. The lowest BCUT2D eigenvalue weighted by molar-refractivity contribution is 0.444. The Labute approximate surface area is 601 Å². The summed E-state index contributed by atoms with van der Waals surface area (Å²) < 4.78 is 57.1. The van der Waals surface area contributed by atoms with Gasteiger partial charge >= 0.3 is 0 Å². The number of nitrogens with one attached hydrogen (secondary N) is 4. The lowest BCUT2D eigenvalue weighted by Crippen LogP contribution is -2.05. The van der Waals surface area contributed by atoms with E-state index in [1.54, 1.807) is 53.2 Å². The molecule has 0 aliphatic heterocycles. The predicted molar refractivity (Wildman–Crippen MR) is 406 cm³/mol. The Balaban J connectivity index is 0.000000120. The van der Waals surface area contributed by atoms with E-state index in [4.69, 9.17) is 31.5 Å². The number of aryl methyl sites for hydroxylation is 5. The van der Waals surface area contributed by atoms with Gasteiger partial charge in [0.2, 0.25) is 0 Å². The second-order valence-electron chi connectivity index (χ2n) is 23.4. The Morgan fingerprint density at radius 3 is 1.31 bits per heavy atom. The highest BCUT2D eigenvalue weighted by atomic mass is 79.9. The van der Waals surface area contributed by atoms with Crippen LogP contribution in [-0.4, -0.2) is 49.4 Å². The number of hydrogen-bond acceptors (Lipinski definition) is 8. The number of thiazole rings is 1. The molecular formula is C81H62BrClF4N10S3. The summed E-state index contributed by atoms with van der Waals surface area (Å²) in [6.45, 7) is 11.7. The van der Waals surface area contributed by atoms with Crippen LogP contribution in [0.2, 0.25) is 5.02 Å². The van der Waals surface area contributed by atoms with Crippen LogP contribution in [-0.2, 0) is 0 Å². The smallest absolute Gasteiger partial charge is 0.196 e. The molecule has 0 aliphatic carbocycles. The van der Waals surface area contributed by atoms with Crippen molar-refractivity contribution < 1.29 is 17.6 Å². The van der Waals surface area contributed by atoms with Gasteiger partial charge in [0.05, 0.1) is 38.2 Å². The van der Waals surface area contributed by atoms with Gasteiger partial charge in [0.25, 0.3) is 0 Å². The van der Waals surface area contributed by atoms with Gasteiger partial charge in [-0.25, -0.2) is 42.5 Å². The molecule has 8 aromatic heterocycles. The van der Waals surface area contributed by atoms with Crippen molar-refractivity contribution in [1.29, 1.82) is 0 Å². The lowest BCUT2D eigenvalue weighted by atomic mass is 10.1. The zero-order chi connectivity index (χ0) is 69.6. The second-order valence-corrected chi connectivity index (χ2v) is 27.8. The van der Waals surface area contributed by atoms with Gasteiger partial charge in [-0.15, -0.1) is 34.0 Å². The SMILES string of the molecule is Cc1[nH]c(-c2cc(C)n(-c3ccc(F)c(F)c3F)c2C)nc1-c1ccccc1.Cc1[nH]c(-c2ccc(-c3cccc(Br)c3)s2)nc1-c1ccccc1.Cc1[nH]c(-c2ccc(-c3cccc(Cl)c3)s2)nc1-c1ccccc1.Cc1[nH]c(-c2csc(-c3ccc(F)cc3)n2)nc1-c1ccccc1. The molecule has 0 fully saturated rings. The van der Waals surface area contributed by atoms with Crippen molar-refractivity contribution in [2.24, 2.45) is 0 Å². The first-order chi connectivity index (χ1) is 48.5. The van der Waals surface area contributed by atoms with E-state index >= 15 is 0 Å². The van der Waals surface area contributed by atoms with Crippen molar-refractivity contribution in [2.75, 3.05) is 0 Å². The van der Waals surface area contributed by atoms with Crippen LogP contribution in [0, 0.1) is 64.8 Å². The van der Waals surface area contributed by atoms with Gasteiger partial charge in [-0.1, -0.05) is 173 Å². The van der Waals surface area contributed by atoms with Crippen LogP contribution in [0.15, 0.2) is 246 Å². The fraction of sp³-hybridized carbons (Fsp3) is 0.0741. The molecule has 100 heavy (non-hydrogen) atoms. The number of rotatable bonds is 12. The summed E-state index contributed by atoms with van der Waals surface area (Å²) in [6.07, 6.45) is 0. The Morgan fingerprint density at radius 2 is 0.820 bits per heavy atom.